The number of benzene rings is 1. The number of carbonyl (C=O) groups is 2. The lowest BCUT2D eigenvalue weighted by atomic mass is 10.1. The van der Waals surface area contributed by atoms with Crippen LogP contribution in [0.4, 0.5) is 4.79 Å². The van der Waals surface area contributed by atoms with Gasteiger partial charge in [-0.1, -0.05) is 30.3 Å². The van der Waals surface area contributed by atoms with Crippen LogP contribution in [0, 0.1) is 0 Å². The molecular weight excluding hydrogens is 320 g/mol. The first-order valence-corrected chi connectivity index (χ1v) is 8.64. The molecule has 138 valence electrons. The fourth-order valence-corrected chi connectivity index (χ4v) is 2.85. The molecule has 1 saturated heterocycles. The van der Waals surface area contributed by atoms with Gasteiger partial charge in [0.15, 0.2) is 0 Å². The summed E-state index contributed by atoms with van der Waals surface area (Å²) >= 11 is 0. The second-order valence-electron chi connectivity index (χ2n) is 7.25. The fourth-order valence-electron chi connectivity index (χ4n) is 2.85. The third-order valence-corrected chi connectivity index (χ3v) is 4.13. The number of carbonyl (C=O) groups excluding carboxylic acids is 2. The summed E-state index contributed by atoms with van der Waals surface area (Å²) in [5.41, 5.74) is 0.661. The minimum atomic E-state index is -0.635. The molecule has 1 amide bonds. The predicted octanol–water partition coefficient (Wildman–Crippen LogP) is 2.32. The fraction of sp³-hybridized carbons (Fsp3) is 0.579. The molecule has 0 aliphatic carbocycles. The Labute approximate surface area is 149 Å². The van der Waals surface area contributed by atoms with Crippen LogP contribution in [0.15, 0.2) is 30.3 Å². The van der Waals surface area contributed by atoms with Gasteiger partial charge in [-0.25, -0.2) is 9.59 Å². The van der Waals surface area contributed by atoms with Crippen molar-refractivity contribution in [2.75, 3.05) is 33.3 Å². The van der Waals surface area contributed by atoms with Crippen molar-refractivity contribution in [2.45, 2.75) is 38.8 Å². The van der Waals surface area contributed by atoms with Crippen molar-refractivity contribution in [1.82, 2.24) is 9.80 Å². The van der Waals surface area contributed by atoms with Gasteiger partial charge in [-0.2, -0.15) is 0 Å². The molecule has 1 aliphatic rings. The van der Waals surface area contributed by atoms with Crippen LogP contribution in [0.5, 0.6) is 0 Å². The molecule has 6 nitrogen and oxygen atoms in total. The Morgan fingerprint density at radius 2 is 1.84 bits per heavy atom. The maximum atomic E-state index is 12.4. The number of hydrogen-bond donors (Lipinski definition) is 0. The van der Waals surface area contributed by atoms with Crippen molar-refractivity contribution >= 4 is 12.1 Å². The van der Waals surface area contributed by atoms with Crippen molar-refractivity contribution in [3.63, 3.8) is 0 Å². The lowest BCUT2D eigenvalue weighted by molar-refractivity contribution is -0.149. The number of esters is 1. The van der Waals surface area contributed by atoms with Crippen molar-refractivity contribution in [1.29, 1.82) is 0 Å². The largest absolute Gasteiger partial charge is 0.467 e. The first-order valence-electron chi connectivity index (χ1n) is 8.64. The second kappa shape index (κ2) is 8.34. The summed E-state index contributed by atoms with van der Waals surface area (Å²) in [7, 11) is 1.35. The highest BCUT2D eigenvalue weighted by atomic mass is 16.6. The summed E-state index contributed by atoms with van der Waals surface area (Å²) in [5.74, 6) is -0.407. The summed E-state index contributed by atoms with van der Waals surface area (Å²) in [6, 6.07) is 9.59. The molecule has 0 aromatic heterocycles. The highest BCUT2D eigenvalue weighted by Gasteiger charge is 2.38. The highest BCUT2D eigenvalue weighted by molar-refractivity contribution is 5.82. The van der Waals surface area contributed by atoms with Crippen LogP contribution in [-0.4, -0.2) is 66.8 Å². The number of nitrogens with zero attached hydrogens (tertiary/aromatic N) is 2. The van der Waals surface area contributed by atoms with E-state index in [9.17, 15) is 9.59 Å². The molecule has 1 aromatic rings. The Morgan fingerprint density at radius 3 is 2.44 bits per heavy atom. The van der Waals surface area contributed by atoms with Gasteiger partial charge in [0.2, 0.25) is 0 Å². The van der Waals surface area contributed by atoms with Crippen molar-refractivity contribution in [3.8, 4) is 0 Å². The molecule has 1 aliphatic heterocycles. The Bertz CT molecular complexity index is 583. The summed E-state index contributed by atoms with van der Waals surface area (Å²) in [6.07, 6.45) is 0.437. The van der Waals surface area contributed by atoms with E-state index in [1.54, 1.807) is 0 Å². The number of ether oxygens (including phenoxy) is 2. The zero-order valence-corrected chi connectivity index (χ0v) is 15.5. The maximum absolute atomic E-state index is 12.4. The molecule has 1 heterocycles. The van der Waals surface area contributed by atoms with Crippen LogP contribution >= 0.6 is 0 Å². The first kappa shape index (κ1) is 19.2. The van der Waals surface area contributed by atoms with Gasteiger partial charge in [-0.3, -0.25) is 9.80 Å². The van der Waals surface area contributed by atoms with E-state index in [0.29, 0.717) is 19.6 Å². The topological polar surface area (TPSA) is 59.1 Å². The van der Waals surface area contributed by atoms with Gasteiger partial charge in [-0.05, 0) is 32.8 Å². The molecular formula is C19H28N2O4. The van der Waals surface area contributed by atoms with E-state index in [1.807, 2.05) is 39.0 Å². The predicted molar refractivity (Wildman–Crippen MR) is 95.3 cm³/mol. The highest BCUT2D eigenvalue weighted by Crippen LogP contribution is 2.17. The molecule has 0 spiro atoms. The molecule has 1 unspecified atom stereocenters. The summed E-state index contributed by atoms with van der Waals surface area (Å²) in [6.45, 7) is 7.89. The van der Waals surface area contributed by atoms with Crippen LogP contribution < -0.4 is 0 Å². The van der Waals surface area contributed by atoms with Gasteiger partial charge in [0.1, 0.15) is 11.6 Å². The van der Waals surface area contributed by atoms with E-state index >= 15 is 0 Å². The van der Waals surface area contributed by atoms with Crippen LogP contribution in [0.3, 0.4) is 0 Å². The minimum Gasteiger partial charge on any atom is -0.467 e. The van der Waals surface area contributed by atoms with Crippen LogP contribution in [0.25, 0.3) is 0 Å². The van der Waals surface area contributed by atoms with Crippen LogP contribution in [-0.2, 0) is 20.7 Å². The number of hydrogen-bond acceptors (Lipinski definition) is 5. The number of amides is 1. The quantitative estimate of drug-likeness (QED) is 0.782. The van der Waals surface area contributed by atoms with Crippen molar-refractivity contribution < 1.29 is 19.1 Å². The molecule has 0 saturated carbocycles. The van der Waals surface area contributed by atoms with Gasteiger partial charge in [0.05, 0.1) is 7.11 Å². The summed E-state index contributed by atoms with van der Waals surface area (Å²) < 4.78 is 10.3. The second-order valence-corrected chi connectivity index (χ2v) is 7.25. The number of rotatable bonds is 4. The molecule has 2 rings (SSSR count). The van der Waals surface area contributed by atoms with E-state index in [0.717, 1.165) is 13.0 Å². The number of methoxy groups -OCH3 is 1. The minimum absolute atomic E-state index is 0.407. The van der Waals surface area contributed by atoms with Gasteiger partial charge in [-0.15, -0.1) is 0 Å². The molecule has 25 heavy (non-hydrogen) atoms. The molecule has 1 atom stereocenters. The third kappa shape index (κ3) is 5.74. The standard InChI is InChI=1S/C19H28N2O4/c1-19(2,3)25-18(23)21-13-12-20(14-16(21)17(22)24-4)11-10-15-8-6-5-7-9-15/h5-9,16H,10-14H2,1-4H3. The smallest absolute Gasteiger partial charge is 0.411 e. The molecule has 1 aromatic carbocycles. The zero-order chi connectivity index (χ0) is 18.4. The van der Waals surface area contributed by atoms with E-state index in [-0.39, 0.29) is 0 Å². The van der Waals surface area contributed by atoms with Crippen molar-refractivity contribution in [3.05, 3.63) is 35.9 Å². The van der Waals surface area contributed by atoms with E-state index in [1.165, 1.54) is 17.6 Å². The molecule has 6 heteroatoms. The van der Waals surface area contributed by atoms with E-state index in [2.05, 4.69) is 17.0 Å². The van der Waals surface area contributed by atoms with E-state index in [4.69, 9.17) is 9.47 Å². The molecule has 0 bridgehead atoms. The maximum Gasteiger partial charge on any atom is 0.411 e. The Kier molecular flexibility index (Phi) is 6.42. The normalized spacial score (nSPS) is 18.7. The molecule has 0 N–H and O–H groups in total. The summed E-state index contributed by atoms with van der Waals surface area (Å²) in [4.78, 5) is 28.2. The molecule has 0 radical (unpaired) electrons. The first-order chi connectivity index (χ1) is 11.8. The van der Waals surface area contributed by atoms with Gasteiger partial charge in [0.25, 0.3) is 0 Å². The monoisotopic (exact) mass is 348 g/mol. The summed E-state index contributed by atoms with van der Waals surface area (Å²) in [5, 5.41) is 0. The average Bonchev–Trinajstić information content (AvgIpc) is 2.58. The molecule has 1 fully saturated rings. The van der Waals surface area contributed by atoms with Gasteiger partial charge in [0, 0.05) is 26.2 Å². The lowest BCUT2D eigenvalue weighted by Gasteiger charge is -2.40. The van der Waals surface area contributed by atoms with Crippen LogP contribution in [0.1, 0.15) is 26.3 Å². The lowest BCUT2D eigenvalue weighted by Crippen LogP contribution is -2.59. The SMILES string of the molecule is COC(=O)C1CN(CCc2ccccc2)CCN1C(=O)OC(C)(C)C. The van der Waals surface area contributed by atoms with Crippen LogP contribution in [0.2, 0.25) is 0 Å². The van der Waals surface area contributed by atoms with Gasteiger partial charge >= 0.3 is 12.1 Å². The van der Waals surface area contributed by atoms with Gasteiger partial charge < -0.3 is 9.47 Å². The average molecular weight is 348 g/mol. The van der Waals surface area contributed by atoms with Crippen molar-refractivity contribution in [2.24, 2.45) is 0 Å². The zero-order valence-electron chi connectivity index (χ0n) is 15.5. The number of piperazine rings is 1. The Morgan fingerprint density at radius 1 is 1.16 bits per heavy atom. The Balaban J connectivity index is 1.99. The van der Waals surface area contributed by atoms with E-state index < -0.39 is 23.7 Å². The Hall–Kier alpha value is -2.08. The third-order valence-electron chi connectivity index (χ3n) is 4.13.